The van der Waals surface area contributed by atoms with Gasteiger partial charge < -0.3 is 9.13 Å². The van der Waals surface area contributed by atoms with Crippen molar-refractivity contribution in [2.24, 2.45) is 7.05 Å². The third-order valence-electron chi connectivity index (χ3n) is 2.26. The molecule has 1 aromatic heterocycles. The second-order valence-corrected chi connectivity index (χ2v) is 3.48. The predicted molar refractivity (Wildman–Crippen MR) is 55.8 cm³/mol. The van der Waals surface area contributed by atoms with Crippen LogP contribution in [0.4, 0.5) is 0 Å². The molecule has 0 spiro atoms. The van der Waals surface area contributed by atoms with Crippen molar-refractivity contribution in [2.45, 2.75) is 6.92 Å². The topological polar surface area (TPSA) is 25.9 Å². The van der Waals surface area contributed by atoms with E-state index in [1.54, 1.807) is 6.92 Å². The van der Waals surface area contributed by atoms with Gasteiger partial charge in [-0.3, -0.25) is 4.79 Å². The summed E-state index contributed by atoms with van der Waals surface area (Å²) < 4.78 is 3.73. The van der Waals surface area contributed by atoms with Gasteiger partial charge in [0.25, 0.3) is 0 Å². The van der Waals surface area contributed by atoms with Crippen LogP contribution in [-0.2, 0) is 7.05 Å². The first-order valence-corrected chi connectivity index (χ1v) is 4.74. The standard InChI is InChI=1S/C12H12N2O/c1-10(15)11-3-5-12(6-4-11)14-8-7-13(2)9-14/h3-8H,1-2H3. The largest absolute Gasteiger partial charge is 0.326 e. The summed E-state index contributed by atoms with van der Waals surface area (Å²) in [5.41, 5.74) is 1.73. The molecule has 1 aromatic carbocycles. The third kappa shape index (κ3) is 1.96. The molecule has 76 valence electrons. The minimum atomic E-state index is 0.0867. The van der Waals surface area contributed by atoms with Gasteiger partial charge in [0.05, 0.1) is 12.7 Å². The molecule has 0 saturated heterocycles. The van der Waals surface area contributed by atoms with Gasteiger partial charge in [-0.15, -0.1) is 0 Å². The molecular weight excluding hydrogens is 188 g/mol. The molecule has 0 amide bonds. The fourth-order valence-corrected chi connectivity index (χ4v) is 1.40. The number of nitrogens with zero attached hydrogens (tertiary/aromatic N) is 2. The Kier molecular flexibility index (Phi) is 2.37. The summed E-state index contributed by atoms with van der Waals surface area (Å²) in [6.07, 6.45) is 6.92. The molecule has 0 atom stereocenters. The monoisotopic (exact) mass is 200 g/mol. The molecule has 2 aromatic rings. The van der Waals surface area contributed by atoms with Gasteiger partial charge in [-0.1, -0.05) is 24.3 Å². The number of aryl methyl sites for hydroxylation is 1. The normalized spacial score (nSPS) is 10.3. The van der Waals surface area contributed by atoms with E-state index in [4.69, 9.17) is 0 Å². The molecule has 1 heterocycles. The lowest BCUT2D eigenvalue weighted by Gasteiger charge is -2.02. The molecule has 0 aliphatic carbocycles. The van der Waals surface area contributed by atoms with Crippen molar-refractivity contribution in [3.63, 3.8) is 0 Å². The Hall–Kier alpha value is -1.90. The Morgan fingerprint density at radius 2 is 2.00 bits per heavy atom. The average molecular weight is 200 g/mol. The first-order valence-electron chi connectivity index (χ1n) is 4.74. The Labute approximate surface area is 88.6 Å². The smallest absolute Gasteiger partial charge is 0.243 e. The van der Waals surface area contributed by atoms with Crippen molar-refractivity contribution in [1.29, 1.82) is 0 Å². The zero-order valence-corrected chi connectivity index (χ0v) is 8.77. The minimum Gasteiger partial charge on any atom is -0.326 e. The maximum Gasteiger partial charge on any atom is 0.243 e. The van der Waals surface area contributed by atoms with Crippen LogP contribution in [0, 0.1) is 6.33 Å². The van der Waals surface area contributed by atoms with Crippen LogP contribution in [0.2, 0.25) is 0 Å². The van der Waals surface area contributed by atoms with Crippen LogP contribution in [0.25, 0.3) is 5.69 Å². The lowest BCUT2D eigenvalue weighted by Crippen LogP contribution is -2.24. The summed E-state index contributed by atoms with van der Waals surface area (Å²) in [6, 6.07) is 7.47. The van der Waals surface area contributed by atoms with Crippen molar-refractivity contribution in [2.75, 3.05) is 0 Å². The molecule has 15 heavy (non-hydrogen) atoms. The summed E-state index contributed by atoms with van der Waals surface area (Å²) in [5.74, 6) is 0.0867. The molecule has 2 rings (SSSR count). The van der Waals surface area contributed by atoms with Crippen molar-refractivity contribution >= 4 is 5.78 Å². The number of imidazole rings is 1. The Balaban J connectivity index is 2.35. The fourth-order valence-electron chi connectivity index (χ4n) is 1.40. The summed E-state index contributed by atoms with van der Waals surface area (Å²) in [5, 5.41) is 0. The Morgan fingerprint density at radius 3 is 2.47 bits per heavy atom. The van der Waals surface area contributed by atoms with Crippen molar-refractivity contribution in [1.82, 2.24) is 4.57 Å². The Bertz CT molecular complexity index is 483. The summed E-state index contributed by atoms with van der Waals surface area (Å²) >= 11 is 0. The number of aromatic nitrogens is 2. The maximum absolute atomic E-state index is 11.1. The number of carbonyl (C=O) groups excluding carboxylic acids is 1. The lowest BCUT2D eigenvalue weighted by molar-refractivity contribution is -0.674. The van der Waals surface area contributed by atoms with Gasteiger partial charge in [0.1, 0.15) is 0 Å². The van der Waals surface area contributed by atoms with Crippen LogP contribution in [0.5, 0.6) is 0 Å². The van der Waals surface area contributed by atoms with Gasteiger partial charge in [-0.05, 0) is 6.92 Å². The van der Waals surface area contributed by atoms with Crippen molar-refractivity contribution < 1.29 is 9.36 Å². The summed E-state index contributed by atoms with van der Waals surface area (Å²) in [6.45, 7) is 1.57. The van der Waals surface area contributed by atoms with Crippen LogP contribution < -0.4 is 4.57 Å². The molecule has 0 aliphatic rings. The molecule has 0 bridgehead atoms. The number of ketones is 1. The molecule has 0 fully saturated rings. The van der Waals surface area contributed by atoms with Crippen LogP contribution in [-0.4, -0.2) is 10.4 Å². The highest BCUT2D eigenvalue weighted by molar-refractivity contribution is 5.94. The van der Waals surface area contributed by atoms with Crippen LogP contribution >= 0.6 is 0 Å². The van der Waals surface area contributed by atoms with Crippen molar-refractivity contribution in [3.8, 4) is 5.69 Å². The molecule has 0 N–H and O–H groups in total. The van der Waals surface area contributed by atoms with E-state index in [-0.39, 0.29) is 5.78 Å². The molecule has 0 aliphatic heterocycles. The maximum atomic E-state index is 11.1. The highest BCUT2D eigenvalue weighted by atomic mass is 16.1. The molecule has 0 saturated carbocycles. The number of rotatable bonds is 2. The number of carbonyl (C=O) groups is 1. The predicted octanol–water partition coefficient (Wildman–Crippen LogP) is 1.30. The second-order valence-electron chi connectivity index (χ2n) is 3.48. The zero-order valence-electron chi connectivity index (χ0n) is 8.77. The number of Topliss-reactive ketones (excluding diaryl/α,β-unsaturated/α-hetero) is 1. The number of hydrogen-bond acceptors (Lipinski definition) is 1. The molecule has 3 heteroatoms. The molecule has 3 nitrogen and oxygen atoms in total. The Morgan fingerprint density at radius 1 is 1.33 bits per heavy atom. The van der Waals surface area contributed by atoms with Crippen molar-refractivity contribution in [3.05, 3.63) is 48.5 Å². The van der Waals surface area contributed by atoms with Crippen LogP contribution in [0.3, 0.4) is 0 Å². The third-order valence-corrected chi connectivity index (χ3v) is 2.26. The van der Waals surface area contributed by atoms with Crippen LogP contribution in [0.15, 0.2) is 36.7 Å². The zero-order chi connectivity index (χ0) is 10.8. The van der Waals surface area contributed by atoms with E-state index in [1.165, 1.54) is 0 Å². The summed E-state index contributed by atoms with van der Waals surface area (Å²) in [4.78, 5) is 11.1. The highest BCUT2D eigenvalue weighted by Gasteiger charge is 2.00. The van der Waals surface area contributed by atoms with E-state index in [9.17, 15) is 4.79 Å². The number of benzene rings is 1. The van der Waals surface area contributed by atoms with Gasteiger partial charge in [0, 0.05) is 18.0 Å². The first kappa shape index (κ1) is 9.65. The highest BCUT2D eigenvalue weighted by Crippen LogP contribution is 2.08. The van der Waals surface area contributed by atoms with E-state index in [0.29, 0.717) is 0 Å². The average Bonchev–Trinajstić information content (AvgIpc) is 2.65. The van der Waals surface area contributed by atoms with Gasteiger partial charge in [-0.2, -0.15) is 0 Å². The first-order chi connectivity index (χ1) is 7.16. The summed E-state index contributed by atoms with van der Waals surface area (Å²) in [7, 11) is 1.92. The van der Waals surface area contributed by atoms with Gasteiger partial charge in [0.2, 0.25) is 6.33 Å². The fraction of sp³-hybridized carbons (Fsp3) is 0.167. The van der Waals surface area contributed by atoms with E-state index in [1.807, 2.05) is 52.8 Å². The minimum absolute atomic E-state index is 0.0867. The lowest BCUT2D eigenvalue weighted by atomic mass is 10.1. The second kappa shape index (κ2) is 3.69. The molecular formula is C12H12N2O. The van der Waals surface area contributed by atoms with Gasteiger partial charge in [0.15, 0.2) is 5.78 Å². The van der Waals surface area contributed by atoms with Crippen LogP contribution in [0.1, 0.15) is 17.3 Å². The van der Waals surface area contributed by atoms with Gasteiger partial charge in [-0.25, -0.2) is 0 Å². The molecule has 0 unspecified atom stereocenters. The van der Waals surface area contributed by atoms with E-state index < -0.39 is 0 Å². The SMILES string of the molecule is CC(=O)c1ccc(-n2[c-][n+](C)cc2)cc1. The van der Waals surface area contributed by atoms with E-state index >= 15 is 0 Å². The number of hydrogen-bond donors (Lipinski definition) is 0. The molecule has 0 radical (unpaired) electrons. The quantitative estimate of drug-likeness (QED) is 0.407. The van der Waals surface area contributed by atoms with E-state index in [2.05, 4.69) is 6.33 Å². The van der Waals surface area contributed by atoms with Gasteiger partial charge >= 0.3 is 0 Å². The van der Waals surface area contributed by atoms with E-state index in [0.717, 1.165) is 11.3 Å².